The Morgan fingerprint density at radius 3 is 2.45 bits per heavy atom. The average molecular weight is 191 g/mol. The normalized spacial score (nSPS) is 24.9. The summed E-state index contributed by atoms with van der Waals surface area (Å²) in [6, 6.07) is 0. The van der Waals surface area contributed by atoms with Gasteiger partial charge in [0.05, 0.1) is 5.38 Å². The van der Waals surface area contributed by atoms with E-state index in [1.165, 1.54) is 18.4 Å². The third-order valence-corrected chi connectivity index (χ3v) is 3.95. The minimum atomic E-state index is 0.194. The Labute approximate surface area is 78.4 Å². The van der Waals surface area contributed by atoms with Crippen molar-refractivity contribution in [2.75, 3.05) is 6.26 Å². The topological polar surface area (TPSA) is 0 Å². The molecule has 0 N–H and O–H groups in total. The Morgan fingerprint density at radius 2 is 2.18 bits per heavy atom. The summed E-state index contributed by atoms with van der Waals surface area (Å²) in [5.41, 5.74) is 1.32. The largest absolute Gasteiger partial charge is 0.154 e. The monoisotopic (exact) mass is 190 g/mol. The summed E-state index contributed by atoms with van der Waals surface area (Å²) in [5, 5.41) is 0.194. The Balaban J connectivity index is 2.57. The lowest BCUT2D eigenvalue weighted by atomic mass is 10.2. The fraction of sp³-hybridized carbons (Fsp3) is 0.778. The summed E-state index contributed by atoms with van der Waals surface area (Å²) in [6.07, 6.45) is 7.18. The first kappa shape index (κ1) is 9.47. The van der Waals surface area contributed by atoms with E-state index in [-0.39, 0.29) is 5.38 Å². The Hall–Kier alpha value is 0.380. The van der Waals surface area contributed by atoms with Gasteiger partial charge in [-0.3, -0.25) is 0 Å². The van der Waals surface area contributed by atoms with Gasteiger partial charge in [-0.15, -0.1) is 11.6 Å². The molecule has 0 radical (unpaired) electrons. The second-order valence-electron chi connectivity index (χ2n) is 3.27. The minimum Gasteiger partial charge on any atom is -0.154 e. The summed E-state index contributed by atoms with van der Waals surface area (Å²) in [4.78, 5) is 0. The van der Waals surface area contributed by atoms with Gasteiger partial charge in [-0.05, 0) is 32.9 Å². The highest BCUT2D eigenvalue weighted by Gasteiger charge is 2.39. The van der Waals surface area contributed by atoms with Crippen LogP contribution in [0.25, 0.3) is 0 Å². The van der Waals surface area contributed by atoms with Crippen molar-refractivity contribution in [3.05, 3.63) is 11.6 Å². The molecule has 1 aliphatic carbocycles. The van der Waals surface area contributed by atoms with Gasteiger partial charge in [0.25, 0.3) is 0 Å². The zero-order valence-electron chi connectivity index (χ0n) is 7.36. The predicted molar refractivity (Wildman–Crippen MR) is 54.6 cm³/mol. The van der Waals surface area contributed by atoms with Crippen molar-refractivity contribution in [2.24, 2.45) is 0 Å². The van der Waals surface area contributed by atoms with Crippen LogP contribution in [0.3, 0.4) is 0 Å². The van der Waals surface area contributed by atoms with Gasteiger partial charge in [0, 0.05) is 4.75 Å². The third-order valence-electron chi connectivity index (χ3n) is 2.27. The van der Waals surface area contributed by atoms with Gasteiger partial charge < -0.3 is 0 Å². The molecule has 1 rings (SSSR count). The molecule has 1 unspecified atom stereocenters. The van der Waals surface area contributed by atoms with Gasteiger partial charge in [0.15, 0.2) is 0 Å². The van der Waals surface area contributed by atoms with E-state index >= 15 is 0 Å². The fourth-order valence-electron chi connectivity index (χ4n) is 1.06. The Bertz CT molecular complexity index is 168. The summed E-state index contributed by atoms with van der Waals surface area (Å²) >= 11 is 7.89. The molecule has 0 bridgehead atoms. The molecule has 0 amide bonds. The highest BCUT2D eigenvalue weighted by atomic mass is 35.5. The van der Waals surface area contributed by atoms with Crippen LogP contribution in [0, 0.1) is 0 Å². The SMILES string of the molecule is CSC1(/C=C(/C)C(C)Cl)CC1. The van der Waals surface area contributed by atoms with Crippen LogP contribution in [-0.2, 0) is 0 Å². The van der Waals surface area contributed by atoms with Crippen molar-refractivity contribution in [3.8, 4) is 0 Å². The number of allylic oxidation sites excluding steroid dienone is 1. The van der Waals surface area contributed by atoms with E-state index in [1.54, 1.807) is 0 Å². The van der Waals surface area contributed by atoms with E-state index < -0.39 is 0 Å². The number of alkyl halides is 1. The van der Waals surface area contributed by atoms with Crippen LogP contribution < -0.4 is 0 Å². The first-order chi connectivity index (χ1) is 5.09. The van der Waals surface area contributed by atoms with Gasteiger partial charge in [-0.25, -0.2) is 0 Å². The second-order valence-corrected chi connectivity index (χ2v) is 5.15. The van der Waals surface area contributed by atoms with E-state index in [4.69, 9.17) is 11.6 Å². The summed E-state index contributed by atoms with van der Waals surface area (Å²) in [6.45, 7) is 4.15. The van der Waals surface area contributed by atoms with Crippen molar-refractivity contribution < 1.29 is 0 Å². The number of hydrogen-bond acceptors (Lipinski definition) is 1. The lowest BCUT2D eigenvalue weighted by molar-refractivity contribution is 1.05. The van der Waals surface area contributed by atoms with Gasteiger partial charge in [0.2, 0.25) is 0 Å². The Kier molecular flexibility index (Phi) is 2.93. The van der Waals surface area contributed by atoms with Crippen molar-refractivity contribution in [1.29, 1.82) is 0 Å². The molecular formula is C9H15ClS. The zero-order chi connectivity index (χ0) is 8.48. The summed E-state index contributed by atoms with van der Waals surface area (Å²) in [5.74, 6) is 0. The molecule has 0 nitrogen and oxygen atoms in total. The lowest BCUT2D eigenvalue weighted by Gasteiger charge is -2.09. The van der Waals surface area contributed by atoms with Gasteiger partial charge in [-0.1, -0.05) is 11.6 Å². The maximum Gasteiger partial charge on any atom is 0.0514 e. The highest BCUT2D eigenvalue weighted by Crippen LogP contribution is 2.49. The Morgan fingerprint density at radius 1 is 1.64 bits per heavy atom. The van der Waals surface area contributed by atoms with Crippen LogP contribution in [0.15, 0.2) is 11.6 Å². The summed E-state index contributed by atoms with van der Waals surface area (Å²) in [7, 11) is 0. The molecule has 0 aromatic heterocycles. The van der Waals surface area contributed by atoms with E-state index in [0.717, 1.165) is 0 Å². The molecule has 11 heavy (non-hydrogen) atoms. The van der Waals surface area contributed by atoms with Crippen molar-refractivity contribution in [3.63, 3.8) is 0 Å². The average Bonchev–Trinajstić information content (AvgIpc) is 2.69. The third kappa shape index (κ3) is 2.41. The van der Waals surface area contributed by atoms with Gasteiger partial charge in [0.1, 0.15) is 0 Å². The molecule has 1 aliphatic rings. The predicted octanol–water partition coefficient (Wildman–Crippen LogP) is 3.46. The van der Waals surface area contributed by atoms with Crippen LogP contribution in [0.4, 0.5) is 0 Å². The molecule has 0 aromatic rings. The van der Waals surface area contributed by atoms with Crippen LogP contribution in [0.2, 0.25) is 0 Å². The number of halogens is 1. The summed E-state index contributed by atoms with van der Waals surface area (Å²) < 4.78 is 0.466. The van der Waals surface area contributed by atoms with E-state index in [2.05, 4.69) is 19.3 Å². The fourth-order valence-corrected chi connectivity index (χ4v) is 1.94. The molecule has 0 aliphatic heterocycles. The van der Waals surface area contributed by atoms with E-state index in [9.17, 15) is 0 Å². The number of hydrogen-bond donors (Lipinski definition) is 0. The van der Waals surface area contributed by atoms with Crippen molar-refractivity contribution in [1.82, 2.24) is 0 Å². The van der Waals surface area contributed by atoms with Crippen LogP contribution in [0.5, 0.6) is 0 Å². The minimum absolute atomic E-state index is 0.194. The smallest absolute Gasteiger partial charge is 0.0514 e. The molecule has 0 saturated heterocycles. The quantitative estimate of drug-likeness (QED) is 0.485. The lowest BCUT2D eigenvalue weighted by Crippen LogP contribution is -2.01. The second kappa shape index (κ2) is 3.40. The molecule has 2 heteroatoms. The molecular weight excluding hydrogens is 176 g/mol. The van der Waals surface area contributed by atoms with Crippen LogP contribution >= 0.6 is 23.4 Å². The van der Waals surface area contributed by atoms with Crippen LogP contribution in [-0.4, -0.2) is 16.4 Å². The van der Waals surface area contributed by atoms with Crippen LogP contribution in [0.1, 0.15) is 26.7 Å². The molecule has 1 atom stereocenters. The molecule has 1 fully saturated rings. The maximum absolute atomic E-state index is 5.94. The molecule has 0 heterocycles. The zero-order valence-corrected chi connectivity index (χ0v) is 8.93. The molecule has 64 valence electrons. The first-order valence-corrected chi connectivity index (χ1v) is 5.64. The molecule has 0 aromatic carbocycles. The van der Waals surface area contributed by atoms with E-state index in [1.807, 2.05) is 18.7 Å². The maximum atomic E-state index is 5.94. The van der Waals surface area contributed by atoms with Gasteiger partial charge in [-0.2, -0.15) is 11.8 Å². The molecule has 0 spiro atoms. The standard InChI is InChI=1S/C9H15ClS/c1-7(8(2)10)6-9(11-3)4-5-9/h6,8H,4-5H2,1-3H3/b7-6-. The highest BCUT2D eigenvalue weighted by molar-refractivity contribution is 8.00. The van der Waals surface area contributed by atoms with Crippen molar-refractivity contribution >= 4 is 23.4 Å². The van der Waals surface area contributed by atoms with Crippen molar-refractivity contribution in [2.45, 2.75) is 36.8 Å². The van der Waals surface area contributed by atoms with E-state index in [0.29, 0.717) is 4.75 Å². The van der Waals surface area contributed by atoms with Gasteiger partial charge >= 0.3 is 0 Å². The first-order valence-electron chi connectivity index (χ1n) is 3.98. The number of rotatable bonds is 3. The molecule has 1 saturated carbocycles. The number of thioether (sulfide) groups is 1.